The van der Waals surface area contributed by atoms with E-state index in [9.17, 15) is 0 Å². The number of hydrogen-bond acceptors (Lipinski definition) is 1. The van der Waals surface area contributed by atoms with Gasteiger partial charge in [-0.25, -0.2) is 0 Å². The van der Waals surface area contributed by atoms with Gasteiger partial charge in [0.05, 0.1) is 0 Å². The van der Waals surface area contributed by atoms with E-state index in [-0.39, 0.29) is 0 Å². The molecule has 0 amide bonds. The van der Waals surface area contributed by atoms with E-state index in [1.54, 1.807) is 11.8 Å². The van der Waals surface area contributed by atoms with E-state index in [1.165, 1.54) is 5.57 Å². The summed E-state index contributed by atoms with van der Waals surface area (Å²) in [5, 5.41) is 4.19. The van der Waals surface area contributed by atoms with Gasteiger partial charge in [0.1, 0.15) is 0 Å². The lowest BCUT2D eigenvalue weighted by molar-refractivity contribution is 1.42. The Balaban J connectivity index is 3.30. The molecule has 0 unspecified atom stereocenters. The first-order valence-corrected chi connectivity index (χ1v) is 3.61. The molecule has 0 radical (unpaired) electrons. The Kier molecular flexibility index (Phi) is 4.87. The topological polar surface area (TPSA) is 0 Å². The van der Waals surface area contributed by atoms with Crippen molar-refractivity contribution in [1.82, 2.24) is 0 Å². The summed E-state index contributed by atoms with van der Waals surface area (Å²) >= 11 is 1.72. The van der Waals surface area contributed by atoms with Crippen LogP contribution in [0.25, 0.3) is 0 Å². The van der Waals surface area contributed by atoms with Crippen LogP contribution in [0.4, 0.5) is 0 Å². The van der Waals surface area contributed by atoms with Gasteiger partial charge in [0, 0.05) is 0 Å². The van der Waals surface area contributed by atoms with E-state index in [0.29, 0.717) is 0 Å². The highest BCUT2D eigenvalue weighted by Gasteiger charge is 1.71. The van der Waals surface area contributed by atoms with Crippen molar-refractivity contribution >= 4 is 11.8 Å². The fraction of sp³-hybridized carbons (Fsp3) is 0.429. The van der Waals surface area contributed by atoms with E-state index in [4.69, 9.17) is 0 Å². The third-order valence-electron chi connectivity index (χ3n) is 0.518. The summed E-state index contributed by atoms with van der Waals surface area (Å²) in [7, 11) is 0. The lowest BCUT2D eigenvalue weighted by atomic mass is 10.4. The van der Waals surface area contributed by atoms with Crippen molar-refractivity contribution < 1.29 is 0 Å². The summed E-state index contributed by atoms with van der Waals surface area (Å²) in [5.41, 5.74) is 1.35. The van der Waals surface area contributed by atoms with Crippen LogP contribution in [0.5, 0.6) is 0 Å². The van der Waals surface area contributed by atoms with Gasteiger partial charge in [-0.3, -0.25) is 0 Å². The van der Waals surface area contributed by atoms with Crippen LogP contribution in [0.2, 0.25) is 0 Å². The van der Waals surface area contributed by atoms with Gasteiger partial charge in [-0.2, -0.15) is 0 Å². The molecule has 0 rings (SSSR count). The monoisotopic (exact) mass is 128 g/mol. The SMILES string of the molecule is C/C=C\SC=C(C)C. The summed E-state index contributed by atoms with van der Waals surface area (Å²) in [6.07, 6.45) is 2.03. The van der Waals surface area contributed by atoms with Crippen LogP contribution in [0, 0.1) is 0 Å². The Bertz CT molecular complexity index is 97.0. The molecule has 0 heterocycles. The largest absolute Gasteiger partial charge is 0.106 e. The molecule has 0 N–H and O–H groups in total. The van der Waals surface area contributed by atoms with Crippen LogP contribution < -0.4 is 0 Å². The molecule has 46 valence electrons. The van der Waals surface area contributed by atoms with Gasteiger partial charge in [0.2, 0.25) is 0 Å². The maximum absolute atomic E-state index is 2.12. The zero-order valence-electron chi connectivity index (χ0n) is 5.64. The number of hydrogen-bond donors (Lipinski definition) is 0. The molecule has 0 nitrogen and oxygen atoms in total. The van der Waals surface area contributed by atoms with E-state index in [0.717, 1.165) is 0 Å². The van der Waals surface area contributed by atoms with Gasteiger partial charge < -0.3 is 0 Å². The second-order valence-electron chi connectivity index (χ2n) is 1.80. The third kappa shape index (κ3) is 5.83. The molecule has 0 spiro atoms. The summed E-state index contributed by atoms with van der Waals surface area (Å²) in [4.78, 5) is 0. The predicted octanol–water partition coefficient (Wildman–Crippen LogP) is 3.18. The maximum Gasteiger partial charge on any atom is -0.0262 e. The predicted molar refractivity (Wildman–Crippen MR) is 41.8 cm³/mol. The lowest BCUT2D eigenvalue weighted by Crippen LogP contribution is -1.54. The van der Waals surface area contributed by atoms with Crippen LogP contribution in [0.1, 0.15) is 20.8 Å². The van der Waals surface area contributed by atoms with Crippen molar-refractivity contribution in [2.75, 3.05) is 0 Å². The van der Waals surface area contributed by atoms with E-state index in [1.807, 2.05) is 13.0 Å². The first kappa shape index (κ1) is 7.83. The average molecular weight is 128 g/mol. The zero-order valence-corrected chi connectivity index (χ0v) is 6.46. The smallest absolute Gasteiger partial charge is 0.0262 e. The van der Waals surface area contributed by atoms with E-state index >= 15 is 0 Å². The molecule has 0 aromatic carbocycles. The van der Waals surface area contributed by atoms with Crippen molar-refractivity contribution in [1.29, 1.82) is 0 Å². The van der Waals surface area contributed by atoms with Gasteiger partial charge in [0.15, 0.2) is 0 Å². The number of rotatable bonds is 2. The molecule has 0 atom stereocenters. The van der Waals surface area contributed by atoms with Gasteiger partial charge >= 0.3 is 0 Å². The molecular formula is C7H12S. The van der Waals surface area contributed by atoms with Crippen molar-refractivity contribution in [3.8, 4) is 0 Å². The molecular weight excluding hydrogens is 116 g/mol. The van der Waals surface area contributed by atoms with Crippen molar-refractivity contribution in [3.63, 3.8) is 0 Å². The standard InChI is InChI=1S/C7H12S/c1-4-5-8-6-7(2)3/h4-6H,1-3H3/b5-4-. The molecule has 0 aromatic rings. The third-order valence-corrected chi connectivity index (χ3v) is 1.56. The summed E-state index contributed by atoms with van der Waals surface area (Å²) in [6.45, 7) is 6.21. The van der Waals surface area contributed by atoms with Crippen LogP contribution in [-0.2, 0) is 0 Å². The Labute approximate surface area is 55.7 Å². The van der Waals surface area contributed by atoms with Crippen molar-refractivity contribution in [2.24, 2.45) is 0 Å². The van der Waals surface area contributed by atoms with Crippen molar-refractivity contribution in [2.45, 2.75) is 20.8 Å². The minimum Gasteiger partial charge on any atom is -0.106 e. The summed E-state index contributed by atoms with van der Waals surface area (Å²) in [5.74, 6) is 0. The Hall–Kier alpha value is -0.170. The summed E-state index contributed by atoms with van der Waals surface area (Å²) in [6, 6.07) is 0. The molecule has 8 heavy (non-hydrogen) atoms. The van der Waals surface area contributed by atoms with Gasteiger partial charge in [-0.05, 0) is 31.6 Å². The minimum atomic E-state index is 1.35. The molecule has 0 saturated carbocycles. The quantitative estimate of drug-likeness (QED) is 0.550. The van der Waals surface area contributed by atoms with Crippen LogP contribution in [-0.4, -0.2) is 0 Å². The second kappa shape index (κ2) is 4.98. The molecule has 0 fully saturated rings. The number of allylic oxidation sites excluding steroid dienone is 2. The highest BCUT2D eigenvalue weighted by Crippen LogP contribution is 2.06. The fourth-order valence-corrected chi connectivity index (χ4v) is 0.762. The first-order valence-electron chi connectivity index (χ1n) is 2.67. The highest BCUT2D eigenvalue weighted by molar-refractivity contribution is 8.04. The molecule has 0 aliphatic heterocycles. The van der Waals surface area contributed by atoms with Gasteiger partial charge in [-0.15, -0.1) is 11.8 Å². The highest BCUT2D eigenvalue weighted by atomic mass is 32.2. The first-order chi connectivity index (χ1) is 3.77. The van der Waals surface area contributed by atoms with Crippen LogP contribution >= 0.6 is 11.8 Å². The Morgan fingerprint density at radius 2 is 2.00 bits per heavy atom. The molecule has 0 aromatic heterocycles. The van der Waals surface area contributed by atoms with Crippen LogP contribution in [0.15, 0.2) is 22.5 Å². The zero-order chi connectivity index (χ0) is 6.41. The number of thioether (sulfide) groups is 1. The second-order valence-corrected chi connectivity index (χ2v) is 2.58. The van der Waals surface area contributed by atoms with Crippen LogP contribution in [0.3, 0.4) is 0 Å². The molecule has 0 aliphatic carbocycles. The molecule has 0 bridgehead atoms. The Morgan fingerprint density at radius 3 is 2.38 bits per heavy atom. The van der Waals surface area contributed by atoms with Gasteiger partial charge in [0.25, 0.3) is 0 Å². The molecule has 0 aliphatic rings. The van der Waals surface area contributed by atoms with Gasteiger partial charge in [-0.1, -0.05) is 11.6 Å². The Morgan fingerprint density at radius 1 is 1.38 bits per heavy atom. The summed E-state index contributed by atoms with van der Waals surface area (Å²) < 4.78 is 0. The van der Waals surface area contributed by atoms with Crippen molar-refractivity contribution in [3.05, 3.63) is 22.5 Å². The molecule has 1 heteroatoms. The lowest BCUT2D eigenvalue weighted by Gasteiger charge is -1.82. The van der Waals surface area contributed by atoms with E-state index < -0.39 is 0 Å². The minimum absolute atomic E-state index is 1.35. The average Bonchev–Trinajstić information content (AvgIpc) is 1.66. The maximum atomic E-state index is 2.12. The fourth-order valence-electron chi connectivity index (χ4n) is 0.254. The molecule has 0 saturated heterocycles. The normalized spacial score (nSPS) is 9.88. The van der Waals surface area contributed by atoms with E-state index in [2.05, 4.69) is 24.7 Å².